The van der Waals surface area contributed by atoms with Crippen molar-refractivity contribution < 1.29 is 24.1 Å². The molecule has 0 aromatic heterocycles. The summed E-state index contributed by atoms with van der Waals surface area (Å²) in [5, 5.41) is 8.94. The monoisotopic (exact) mass is 266 g/mol. The number of hydrogen-bond acceptors (Lipinski definition) is 4. The summed E-state index contributed by atoms with van der Waals surface area (Å²) >= 11 is 0. The fourth-order valence-corrected chi connectivity index (χ4v) is 2.13. The van der Waals surface area contributed by atoms with Crippen molar-refractivity contribution in [2.75, 3.05) is 20.3 Å². The Labute approximate surface area is 112 Å². The number of carbonyl (C=O) groups is 1. The van der Waals surface area contributed by atoms with Gasteiger partial charge < -0.3 is 19.3 Å². The summed E-state index contributed by atoms with van der Waals surface area (Å²) in [6, 6.07) is 5.28. The molecule has 1 fully saturated rings. The summed E-state index contributed by atoms with van der Waals surface area (Å²) in [7, 11) is 1.55. The van der Waals surface area contributed by atoms with Crippen LogP contribution in [0, 0.1) is 0 Å². The lowest BCUT2D eigenvalue weighted by molar-refractivity contribution is -0.136. The predicted octanol–water partition coefficient (Wildman–Crippen LogP) is 1.88. The van der Waals surface area contributed by atoms with Gasteiger partial charge in [0.25, 0.3) is 0 Å². The minimum Gasteiger partial charge on any atom is -0.493 e. The molecule has 1 saturated heterocycles. The lowest BCUT2D eigenvalue weighted by atomic mass is 10.1. The Hall–Kier alpha value is -1.75. The maximum Gasteiger partial charge on any atom is 0.307 e. The Morgan fingerprint density at radius 3 is 3.00 bits per heavy atom. The Morgan fingerprint density at radius 2 is 2.37 bits per heavy atom. The molecule has 0 amide bonds. The van der Waals surface area contributed by atoms with Gasteiger partial charge >= 0.3 is 5.97 Å². The van der Waals surface area contributed by atoms with E-state index in [1.54, 1.807) is 25.3 Å². The molecule has 1 heterocycles. The molecule has 5 heteroatoms. The van der Waals surface area contributed by atoms with Crippen molar-refractivity contribution in [3.8, 4) is 11.5 Å². The third-order valence-corrected chi connectivity index (χ3v) is 3.03. The minimum atomic E-state index is -0.891. The van der Waals surface area contributed by atoms with Crippen molar-refractivity contribution in [1.82, 2.24) is 0 Å². The van der Waals surface area contributed by atoms with Gasteiger partial charge in [-0.2, -0.15) is 0 Å². The topological polar surface area (TPSA) is 65.0 Å². The molecule has 5 nitrogen and oxygen atoms in total. The van der Waals surface area contributed by atoms with E-state index in [1.165, 1.54) is 0 Å². The van der Waals surface area contributed by atoms with Gasteiger partial charge in [-0.3, -0.25) is 4.79 Å². The number of rotatable bonds is 5. The van der Waals surface area contributed by atoms with Crippen molar-refractivity contribution in [2.24, 2.45) is 0 Å². The summed E-state index contributed by atoms with van der Waals surface area (Å²) in [5.41, 5.74) is 0.623. The molecule has 1 atom stereocenters. The predicted molar refractivity (Wildman–Crippen MR) is 68.8 cm³/mol. The zero-order valence-corrected chi connectivity index (χ0v) is 10.9. The van der Waals surface area contributed by atoms with E-state index >= 15 is 0 Å². The van der Waals surface area contributed by atoms with Crippen LogP contribution in [-0.4, -0.2) is 37.5 Å². The lowest BCUT2D eigenvalue weighted by Gasteiger charge is -2.25. The van der Waals surface area contributed by atoms with Gasteiger partial charge in [0.2, 0.25) is 0 Å². The molecule has 1 aliphatic heterocycles. The van der Waals surface area contributed by atoms with Crippen molar-refractivity contribution in [1.29, 1.82) is 0 Å². The first-order valence-corrected chi connectivity index (χ1v) is 6.32. The molecule has 19 heavy (non-hydrogen) atoms. The molecule has 0 radical (unpaired) electrons. The van der Waals surface area contributed by atoms with Crippen molar-refractivity contribution >= 4 is 5.97 Å². The number of para-hydroxylation sites is 1. The van der Waals surface area contributed by atoms with Crippen LogP contribution in [0.3, 0.4) is 0 Å². The zero-order valence-electron chi connectivity index (χ0n) is 10.9. The molecule has 1 aromatic carbocycles. The molecule has 0 saturated carbocycles. The van der Waals surface area contributed by atoms with Crippen molar-refractivity contribution in [3.05, 3.63) is 23.8 Å². The number of benzene rings is 1. The molecule has 0 bridgehead atoms. The second-order valence-electron chi connectivity index (χ2n) is 4.48. The van der Waals surface area contributed by atoms with E-state index in [0.29, 0.717) is 23.7 Å². The normalized spacial score (nSPS) is 18.9. The van der Waals surface area contributed by atoms with E-state index in [1.807, 2.05) is 0 Å². The Balaban J connectivity index is 2.21. The zero-order chi connectivity index (χ0) is 13.7. The van der Waals surface area contributed by atoms with Crippen LogP contribution in [0.2, 0.25) is 0 Å². The van der Waals surface area contributed by atoms with Crippen LogP contribution < -0.4 is 9.47 Å². The highest BCUT2D eigenvalue weighted by molar-refractivity contribution is 5.72. The number of hydrogen-bond donors (Lipinski definition) is 1. The first-order valence-electron chi connectivity index (χ1n) is 6.32. The Bertz CT molecular complexity index is 437. The summed E-state index contributed by atoms with van der Waals surface area (Å²) in [6.07, 6.45) is 1.73. The molecule has 104 valence electrons. The maximum atomic E-state index is 10.9. The van der Waals surface area contributed by atoms with E-state index in [0.717, 1.165) is 19.4 Å². The average Bonchev–Trinajstić information content (AvgIpc) is 2.41. The second kappa shape index (κ2) is 6.43. The van der Waals surface area contributed by atoms with E-state index in [2.05, 4.69) is 0 Å². The SMILES string of the molecule is COc1cccc(CC(=O)O)c1OC1CCCOC1. The standard InChI is InChI=1S/C14H18O5/c1-17-12-6-2-4-10(8-13(15)16)14(12)19-11-5-3-7-18-9-11/h2,4,6,11H,3,5,7-9H2,1H3,(H,15,16). The van der Waals surface area contributed by atoms with Gasteiger partial charge in [-0.05, 0) is 18.9 Å². The maximum absolute atomic E-state index is 10.9. The van der Waals surface area contributed by atoms with Crippen LogP contribution in [-0.2, 0) is 16.0 Å². The van der Waals surface area contributed by atoms with Crippen LogP contribution in [0.4, 0.5) is 0 Å². The van der Waals surface area contributed by atoms with Gasteiger partial charge in [-0.1, -0.05) is 12.1 Å². The van der Waals surface area contributed by atoms with Crippen molar-refractivity contribution in [2.45, 2.75) is 25.4 Å². The number of methoxy groups -OCH3 is 1. The lowest BCUT2D eigenvalue weighted by Crippen LogP contribution is -2.28. The molecule has 1 unspecified atom stereocenters. The van der Waals surface area contributed by atoms with Gasteiger partial charge in [0, 0.05) is 12.2 Å². The molecule has 0 spiro atoms. The molecule has 1 N–H and O–H groups in total. The van der Waals surface area contributed by atoms with Crippen LogP contribution in [0.25, 0.3) is 0 Å². The molecule has 1 aliphatic rings. The summed E-state index contributed by atoms with van der Waals surface area (Å²) in [4.78, 5) is 10.9. The van der Waals surface area contributed by atoms with Gasteiger partial charge in [-0.25, -0.2) is 0 Å². The number of carboxylic acid groups (broad SMARTS) is 1. The Kier molecular flexibility index (Phi) is 4.63. The summed E-state index contributed by atoms with van der Waals surface area (Å²) in [6.45, 7) is 1.29. The molecular weight excluding hydrogens is 248 g/mol. The minimum absolute atomic E-state index is 0.0439. The molecule has 2 rings (SSSR count). The highest BCUT2D eigenvalue weighted by atomic mass is 16.5. The highest BCUT2D eigenvalue weighted by Gasteiger charge is 2.20. The fraction of sp³-hybridized carbons (Fsp3) is 0.500. The third-order valence-electron chi connectivity index (χ3n) is 3.03. The average molecular weight is 266 g/mol. The fourth-order valence-electron chi connectivity index (χ4n) is 2.13. The molecule has 1 aromatic rings. The van der Waals surface area contributed by atoms with Gasteiger partial charge in [0.15, 0.2) is 11.5 Å². The summed E-state index contributed by atoms with van der Waals surface area (Å²) in [5.74, 6) is 0.185. The first kappa shape index (κ1) is 13.7. The van der Waals surface area contributed by atoms with Crippen LogP contribution in [0.1, 0.15) is 18.4 Å². The van der Waals surface area contributed by atoms with Gasteiger partial charge in [0.1, 0.15) is 6.10 Å². The van der Waals surface area contributed by atoms with E-state index < -0.39 is 5.97 Å². The van der Waals surface area contributed by atoms with Gasteiger partial charge in [0.05, 0.1) is 20.1 Å². The quantitative estimate of drug-likeness (QED) is 0.881. The molecule has 0 aliphatic carbocycles. The van der Waals surface area contributed by atoms with Gasteiger partial charge in [-0.15, -0.1) is 0 Å². The molecular formula is C14H18O5. The van der Waals surface area contributed by atoms with Crippen molar-refractivity contribution in [3.63, 3.8) is 0 Å². The first-order chi connectivity index (χ1) is 9.20. The second-order valence-corrected chi connectivity index (χ2v) is 4.48. The van der Waals surface area contributed by atoms with E-state index in [-0.39, 0.29) is 12.5 Å². The summed E-state index contributed by atoms with van der Waals surface area (Å²) < 4.78 is 16.5. The number of aliphatic carboxylic acids is 1. The number of ether oxygens (including phenoxy) is 3. The smallest absolute Gasteiger partial charge is 0.307 e. The van der Waals surface area contributed by atoms with E-state index in [9.17, 15) is 4.79 Å². The van der Waals surface area contributed by atoms with E-state index in [4.69, 9.17) is 19.3 Å². The largest absolute Gasteiger partial charge is 0.493 e. The Morgan fingerprint density at radius 1 is 1.53 bits per heavy atom. The third kappa shape index (κ3) is 3.61. The van der Waals surface area contributed by atoms with Crippen LogP contribution in [0.15, 0.2) is 18.2 Å². The van der Waals surface area contributed by atoms with Crippen LogP contribution in [0.5, 0.6) is 11.5 Å². The highest BCUT2D eigenvalue weighted by Crippen LogP contribution is 2.33. The number of carboxylic acids is 1. The van der Waals surface area contributed by atoms with Crippen LogP contribution >= 0.6 is 0 Å².